The first-order valence-corrected chi connectivity index (χ1v) is 8.06. The second-order valence-electron chi connectivity index (χ2n) is 4.75. The number of ether oxygens (including phenoxy) is 2. The summed E-state index contributed by atoms with van der Waals surface area (Å²) in [7, 11) is 0. The van der Waals surface area contributed by atoms with Crippen molar-refractivity contribution < 1.29 is 9.47 Å². The third-order valence-electron chi connectivity index (χ3n) is 3.26. The number of rotatable bonds is 5. The first kappa shape index (κ1) is 14.9. The van der Waals surface area contributed by atoms with Gasteiger partial charge in [0.1, 0.15) is 5.82 Å². The number of H-pyrrole nitrogens is 1. The van der Waals surface area contributed by atoms with Crippen molar-refractivity contribution in [3.05, 3.63) is 40.9 Å². The molecule has 114 valence electrons. The molecule has 3 aromatic rings. The molecule has 0 aliphatic heterocycles. The zero-order chi connectivity index (χ0) is 15.5. The second-order valence-corrected chi connectivity index (χ2v) is 5.61. The number of para-hydroxylation sites is 2. The van der Waals surface area contributed by atoms with E-state index >= 15 is 0 Å². The van der Waals surface area contributed by atoms with Crippen LogP contribution in [0, 0.1) is 0 Å². The highest BCUT2D eigenvalue weighted by molar-refractivity contribution is 9.10. The molecule has 1 heterocycles. The standard InChI is InChI=1S/C17H17BrN2O2/c1-3-21-15-10-11(9-12(18)16(15)22-4-2)17-19-13-7-5-6-8-14(13)20-17/h5-10H,3-4H2,1-2H3,(H,19,20). The molecule has 0 unspecified atom stereocenters. The quantitative estimate of drug-likeness (QED) is 0.711. The van der Waals surface area contributed by atoms with Crippen LogP contribution < -0.4 is 9.47 Å². The van der Waals surface area contributed by atoms with E-state index in [0.717, 1.165) is 32.6 Å². The number of nitrogens with one attached hydrogen (secondary N) is 1. The fraction of sp³-hybridized carbons (Fsp3) is 0.235. The van der Waals surface area contributed by atoms with E-state index in [1.807, 2.05) is 50.2 Å². The highest BCUT2D eigenvalue weighted by Crippen LogP contribution is 2.39. The van der Waals surface area contributed by atoms with E-state index in [2.05, 4.69) is 25.9 Å². The summed E-state index contributed by atoms with van der Waals surface area (Å²) in [6.07, 6.45) is 0. The largest absolute Gasteiger partial charge is 0.490 e. The predicted molar refractivity (Wildman–Crippen MR) is 91.6 cm³/mol. The molecule has 5 heteroatoms. The van der Waals surface area contributed by atoms with Gasteiger partial charge in [0.05, 0.1) is 28.7 Å². The van der Waals surface area contributed by atoms with Crippen LogP contribution in [0.5, 0.6) is 11.5 Å². The van der Waals surface area contributed by atoms with Gasteiger partial charge in [-0.05, 0) is 54.0 Å². The van der Waals surface area contributed by atoms with Crippen LogP contribution in [0.4, 0.5) is 0 Å². The Morgan fingerprint density at radius 2 is 1.86 bits per heavy atom. The number of benzene rings is 2. The van der Waals surface area contributed by atoms with Crippen molar-refractivity contribution in [1.82, 2.24) is 9.97 Å². The number of aromatic nitrogens is 2. The van der Waals surface area contributed by atoms with Crippen LogP contribution in [0.2, 0.25) is 0 Å². The fourth-order valence-electron chi connectivity index (χ4n) is 2.34. The van der Waals surface area contributed by atoms with Crippen LogP contribution in [0.3, 0.4) is 0 Å². The van der Waals surface area contributed by atoms with E-state index in [-0.39, 0.29) is 0 Å². The van der Waals surface area contributed by atoms with Gasteiger partial charge in [0, 0.05) is 5.56 Å². The number of halogens is 1. The van der Waals surface area contributed by atoms with Gasteiger partial charge in [0.25, 0.3) is 0 Å². The van der Waals surface area contributed by atoms with Gasteiger partial charge >= 0.3 is 0 Å². The summed E-state index contributed by atoms with van der Waals surface area (Å²) in [5.74, 6) is 2.25. The molecule has 0 atom stereocenters. The molecule has 1 aromatic heterocycles. The van der Waals surface area contributed by atoms with Crippen LogP contribution in [-0.2, 0) is 0 Å². The summed E-state index contributed by atoms with van der Waals surface area (Å²) in [5.41, 5.74) is 2.91. The smallest absolute Gasteiger partial charge is 0.175 e. The lowest BCUT2D eigenvalue weighted by molar-refractivity contribution is 0.286. The molecule has 0 spiro atoms. The number of hydrogen-bond acceptors (Lipinski definition) is 3. The number of aromatic amines is 1. The van der Waals surface area contributed by atoms with Crippen LogP contribution >= 0.6 is 15.9 Å². The third kappa shape index (κ3) is 2.81. The Morgan fingerprint density at radius 3 is 2.59 bits per heavy atom. The number of imidazole rings is 1. The predicted octanol–water partition coefficient (Wildman–Crippen LogP) is 4.79. The Labute approximate surface area is 137 Å². The zero-order valence-electron chi connectivity index (χ0n) is 12.5. The van der Waals surface area contributed by atoms with E-state index in [1.54, 1.807) is 0 Å². The Balaban J connectivity index is 2.10. The highest BCUT2D eigenvalue weighted by atomic mass is 79.9. The summed E-state index contributed by atoms with van der Waals surface area (Å²) in [6.45, 7) is 5.07. The van der Waals surface area contributed by atoms with Crippen molar-refractivity contribution in [2.24, 2.45) is 0 Å². The van der Waals surface area contributed by atoms with Crippen molar-refractivity contribution >= 4 is 27.0 Å². The second kappa shape index (κ2) is 6.40. The Hall–Kier alpha value is -2.01. The number of fused-ring (bicyclic) bond motifs is 1. The summed E-state index contributed by atoms with van der Waals surface area (Å²) in [6, 6.07) is 11.9. The molecular formula is C17H17BrN2O2. The number of nitrogens with zero attached hydrogens (tertiary/aromatic N) is 1. The molecule has 3 rings (SSSR count). The lowest BCUT2D eigenvalue weighted by Crippen LogP contribution is -1.99. The molecule has 0 fully saturated rings. The van der Waals surface area contributed by atoms with Crippen molar-refractivity contribution in [3.8, 4) is 22.9 Å². The van der Waals surface area contributed by atoms with E-state index in [4.69, 9.17) is 9.47 Å². The maximum Gasteiger partial charge on any atom is 0.175 e. The van der Waals surface area contributed by atoms with Gasteiger partial charge in [0.15, 0.2) is 11.5 Å². The normalized spacial score (nSPS) is 10.9. The third-order valence-corrected chi connectivity index (χ3v) is 3.85. The topological polar surface area (TPSA) is 47.1 Å². The highest BCUT2D eigenvalue weighted by Gasteiger charge is 2.14. The average molecular weight is 361 g/mol. The van der Waals surface area contributed by atoms with Gasteiger partial charge in [-0.25, -0.2) is 4.98 Å². The van der Waals surface area contributed by atoms with Crippen molar-refractivity contribution in [3.63, 3.8) is 0 Å². The van der Waals surface area contributed by atoms with Gasteiger partial charge in [-0.15, -0.1) is 0 Å². The molecular weight excluding hydrogens is 344 g/mol. The van der Waals surface area contributed by atoms with Crippen LogP contribution in [0.25, 0.3) is 22.4 Å². The van der Waals surface area contributed by atoms with Gasteiger partial charge < -0.3 is 14.5 Å². The van der Waals surface area contributed by atoms with Gasteiger partial charge in [-0.3, -0.25) is 0 Å². The fourth-order valence-corrected chi connectivity index (χ4v) is 2.90. The summed E-state index contributed by atoms with van der Waals surface area (Å²) in [5, 5.41) is 0. The first-order chi connectivity index (χ1) is 10.7. The molecule has 4 nitrogen and oxygen atoms in total. The Bertz CT molecular complexity index is 765. The molecule has 0 saturated heterocycles. The number of hydrogen-bond donors (Lipinski definition) is 1. The van der Waals surface area contributed by atoms with Crippen molar-refractivity contribution in [1.29, 1.82) is 0 Å². The van der Waals surface area contributed by atoms with E-state index in [1.165, 1.54) is 0 Å². The Kier molecular flexibility index (Phi) is 4.34. The monoisotopic (exact) mass is 360 g/mol. The van der Waals surface area contributed by atoms with E-state index in [9.17, 15) is 0 Å². The summed E-state index contributed by atoms with van der Waals surface area (Å²) >= 11 is 3.56. The molecule has 0 aliphatic rings. The van der Waals surface area contributed by atoms with Crippen LogP contribution in [0.1, 0.15) is 13.8 Å². The maximum absolute atomic E-state index is 5.71. The molecule has 0 aliphatic carbocycles. The van der Waals surface area contributed by atoms with Crippen molar-refractivity contribution in [2.45, 2.75) is 13.8 Å². The van der Waals surface area contributed by atoms with Crippen LogP contribution in [-0.4, -0.2) is 23.2 Å². The summed E-state index contributed by atoms with van der Waals surface area (Å²) < 4.78 is 12.2. The molecule has 0 radical (unpaired) electrons. The van der Waals surface area contributed by atoms with E-state index < -0.39 is 0 Å². The molecule has 0 bridgehead atoms. The van der Waals surface area contributed by atoms with Gasteiger partial charge in [-0.1, -0.05) is 12.1 Å². The molecule has 22 heavy (non-hydrogen) atoms. The summed E-state index contributed by atoms with van der Waals surface area (Å²) in [4.78, 5) is 7.96. The molecule has 0 amide bonds. The average Bonchev–Trinajstić information content (AvgIpc) is 2.94. The minimum Gasteiger partial charge on any atom is -0.490 e. The SMILES string of the molecule is CCOc1cc(-c2nc3ccccc3[nH]2)cc(Br)c1OCC. The molecule has 2 aromatic carbocycles. The maximum atomic E-state index is 5.71. The zero-order valence-corrected chi connectivity index (χ0v) is 14.1. The lowest BCUT2D eigenvalue weighted by Gasteiger charge is -2.13. The van der Waals surface area contributed by atoms with Gasteiger partial charge in [0.2, 0.25) is 0 Å². The molecule has 0 saturated carbocycles. The van der Waals surface area contributed by atoms with Crippen molar-refractivity contribution in [2.75, 3.05) is 13.2 Å². The van der Waals surface area contributed by atoms with Crippen LogP contribution in [0.15, 0.2) is 40.9 Å². The van der Waals surface area contributed by atoms with Gasteiger partial charge in [-0.2, -0.15) is 0 Å². The van der Waals surface area contributed by atoms with E-state index in [0.29, 0.717) is 19.0 Å². The Morgan fingerprint density at radius 1 is 1.09 bits per heavy atom. The minimum absolute atomic E-state index is 0.579. The minimum atomic E-state index is 0.579. The lowest BCUT2D eigenvalue weighted by atomic mass is 10.2. The first-order valence-electron chi connectivity index (χ1n) is 7.27. The molecule has 1 N–H and O–H groups in total.